The van der Waals surface area contributed by atoms with Crippen molar-refractivity contribution in [2.75, 3.05) is 6.61 Å². The fraction of sp³-hybridized carbons (Fsp3) is 0.0645. The van der Waals surface area contributed by atoms with E-state index in [9.17, 15) is 9.90 Å². The lowest BCUT2D eigenvalue weighted by Crippen LogP contribution is -2.20. The Bertz CT molecular complexity index is 1780. The minimum atomic E-state index is -0.984. The highest BCUT2D eigenvalue weighted by Gasteiger charge is 2.29. The molecule has 7 heteroatoms. The maximum absolute atomic E-state index is 12.8. The van der Waals surface area contributed by atoms with E-state index in [1.54, 1.807) is 12.1 Å². The fourth-order valence-electron chi connectivity index (χ4n) is 4.93. The smallest absolute Gasteiger partial charge is 0.314 e. The van der Waals surface area contributed by atoms with Gasteiger partial charge in [0.2, 0.25) is 0 Å². The lowest BCUT2D eigenvalue weighted by molar-refractivity contribution is -0.139. The number of carbonyl (C=O) groups is 1. The van der Waals surface area contributed by atoms with Crippen molar-refractivity contribution in [3.63, 3.8) is 0 Å². The zero-order chi connectivity index (χ0) is 26.2. The first-order valence-corrected chi connectivity index (χ1v) is 12.8. The molecule has 1 unspecified atom stereocenters. The quantitative estimate of drug-likeness (QED) is 0.190. The van der Waals surface area contributed by atoms with Gasteiger partial charge in [-0.25, -0.2) is 0 Å². The van der Waals surface area contributed by atoms with Gasteiger partial charge in [-0.3, -0.25) is 4.79 Å². The molecule has 6 rings (SSSR count). The highest BCUT2D eigenvalue weighted by atomic mass is 35.5. The van der Waals surface area contributed by atoms with E-state index in [-0.39, 0.29) is 6.61 Å². The topological polar surface area (TPSA) is 78.1 Å². The first-order chi connectivity index (χ1) is 18.5. The van der Waals surface area contributed by atoms with Crippen molar-refractivity contribution >= 4 is 51.0 Å². The van der Waals surface area contributed by atoms with E-state index in [1.807, 2.05) is 84.9 Å². The molecule has 0 spiro atoms. The van der Waals surface area contributed by atoms with Crippen LogP contribution in [0.15, 0.2) is 97.1 Å². The summed E-state index contributed by atoms with van der Waals surface area (Å²) in [7, 11) is 0. The van der Waals surface area contributed by atoms with Crippen molar-refractivity contribution in [1.29, 1.82) is 0 Å². The van der Waals surface area contributed by atoms with E-state index >= 15 is 0 Å². The van der Waals surface area contributed by atoms with Crippen LogP contribution < -0.4 is 4.74 Å². The number of hydrogen-bond acceptors (Lipinski definition) is 2. The van der Waals surface area contributed by atoms with Crippen molar-refractivity contribution in [2.45, 2.75) is 5.92 Å². The van der Waals surface area contributed by atoms with Gasteiger partial charge in [0.05, 0.1) is 16.9 Å². The average molecular weight is 541 g/mol. The molecule has 0 aliphatic carbocycles. The van der Waals surface area contributed by atoms with Gasteiger partial charge in [-0.15, -0.1) is 0 Å². The van der Waals surface area contributed by atoms with Crippen molar-refractivity contribution in [1.82, 2.24) is 9.97 Å². The Balaban J connectivity index is 1.47. The molecule has 3 N–H and O–H groups in total. The van der Waals surface area contributed by atoms with Gasteiger partial charge in [0.1, 0.15) is 12.5 Å². The van der Waals surface area contributed by atoms with Crippen LogP contribution in [0.4, 0.5) is 0 Å². The van der Waals surface area contributed by atoms with Crippen LogP contribution in [0.3, 0.4) is 0 Å². The zero-order valence-electron chi connectivity index (χ0n) is 20.0. The average Bonchev–Trinajstić information content (AvgIpc) is 3.47. The molecule has 0 amide bonds. The van der Waals surface area contributed by atoms with Gasteiger partial charge in [0, 0.05) is 37.5 Å². The van der Waals surface area contributed by atoms with Gasteiger partial charge in [-0.2, -0.15) is 0 Å². The number of halogens is 2. The third-order valence-electron chi connectivity index (χ3n) is 6.68. The van der Waals surface area contributed by atoms with E-state index < -0.39 is 11.9 Å². The molecule has 4 aromatic carbocycles. The van der Waals surface area contributed by atoms with E-state index in [0.717, 1.165) is 44.3 Å². The van der Waals surface area contributed by atoms with Crippen molar-refractivity contribution in [2.24, 2.45) is 0 Å². The minimum absolute atomic E-state index is 0.0832. The third kappa shape index (κ3) is 4.40. The lowest BCUT2D eigenvalue weighted by Gasteiger charge is -2.17. The molecule has 0 saturated carbocycles. The molecule has 0 fully saturated rings. The van der Waals surface area contributed by atoms with Crippen LogP contribution in [0.2, 0.25) is 10.0 Å². The van der Waals surface area contributed by atoms with Crippen molar-refractivity contribution in [3.8, 4) is 28.3 Å². The third-order valence-corrected chi connectivity index (χ3v) is 7.15. The summed E-state index contributed by atoms with van der Waals surface area (Å²) < 4.78 is 6.40. The second-order valence-corrected chi connectivity index (χ2v) is 9.93. The van der Waals surface area contributed by atoms with Crippen LogP contribution in [0.25, 0.3) is 44.3 Å². The maximum Gasteiger partial charge on any atom is 0.314 e. The number of hydrogen-bond donors (Lipinski definition) is 3. The van der Waals surface area contributed by atoms with Crippen LogP contribution in [-0.4, -0.2) is 27.7 Å². The Morgan fingerprint density at radius 2 is 1.26 bits per heavy atom. The van der Waals surface area contributed by atoms with Gasteiger partial charge >= 0.3 is 5.97 Å². The molecular weight excluding hydrogens is 519 g/mol. The molecule has 2 heterocycles. The number of aromatic nitrogens is 2. The number of aliphatic carboxylic acids is 1. The van der Waals surface area contributed by atoms with Gasteiger partial charge in [0.25, 0.3) is 0 Å². The van der Waals surface area contributed by atoms with E-state index in [0.29, 0.717) is 21.4 Å². The number of fused-ring (bicyclic) bond motifs is 2. The summed E-state index contributed by atoms with van der Waals surface area (Å²) in [6.45, 7) is -0.0832. The summed E-state index contributed by atoms with van der Waals surface area (Å²) in [6.07, 6.45) is 0. The summed E-state index contributed by atoms with van der Waals surface area (Å²) in [5.41, 5.74) is 5.53. The Morgan fingerprint density at radius 3 is 1.87 bits per heavy atom. The predicted octanol–water partition coefficient (Wildman–Crippen LogP) is 8.54. The van der Waals surface area contributed by atoms with E-state index in [4.69, 9.17) is 27.9 Å². The largest absolute Gasteiger partial charge is 0.489 e. The molecule has 1 atom stereocenters. The molecule has 38 heavy (non-hydrogen) atoms. The van der Waals surface area contributed by atoms with Crippen LogP contribution in [0, 0.1) is 0 Å². The Hall–Kier alpha value is -4.19. The monoisotopic (exact) mass is 540 g/mol. The molecule has 0 aliphatic heterocycles. The second kappa shape index (κ2) is 9.93. The molecule has 2 aromatic heterocycles. The summed E-state index contributed by atoms with van der Waals surface area (Å²) in [4.78, 5) is 19.6. The Labute approximate surface area is 228 Å². The first-order valence-electron chi connectivity index (χ1n) is 12.1. The van der Waals surface area contributed by atoms with Gasteiger partial charge < -0.3 is 19.8 Å². The molecule has 0 radical (unpaired) electrons. The van der Waals surface area contributed by atoms with Crippen LogP contribution in [0.5, 0.6) is 5.75 Å². The standard InChI is InChI=1S/C31H22Cl2N2O3/c32-20-11-13-22-25(15-20)34-28(18-7-3-1-4-8-18)27(22)24(31(36)37)17-38-30-23-14-12-21(33)16-26(23)35-29(30)19-9-5-2-6-10-19/h1-16,24,34-35H,17H2,(H,36,37). The van der Waals surface area contributed by atoms with Crippen LogP contribution in [0.1, 0.15) is 11.5 Å². The number of H-pyrrole nitrogens is 2. The fourth-order valence-corrected chi connectivity index (χ4v) is 5.28. The van der Waals surface area contributed by atoms with Gasteiger partial charge in [-0.1, -0.05) is 89.9 Å². The Kier molecular flexibility index (Phi) is 6.32. The van der Waals surface area contributed by atoms with Gasteiger partial charge in [0.15, 0.2) is 5.75 Å². The molecule has 0 saturated heterocycles. The molecule has 0 aliphatic rings. The molecular formula is C31H22Cl2N2O3. The summed E-state index contributed by atoms with van der Waals surface area (Å²) >= 11 is 12.5. The second-order valence-electron chi connectivity index (χ2n) is 9.06. The molecule has 6 aromatic rings. The first kappa shape index (κ1) is 24.2. The van der Waals surface area contributed by atoms with Gasteiger partial charge in [-0.05, 0) is 35.9 Å². The molecule has 0 bridgehead atoms. The van der Waals surface area contributed by atoms with Crippen LogP contribution >= 0.6 is 23.2 Å². The number of benzene rings is 4. The normalized spacial score (nSPS) is 12.2. The highest BCUT2D eigenvalue weighted by Crippen LogP contribution is 2.41. The van der Waals surface area contributed by atoms with E-state index in [2.05, 4.69) is 9.97 Å². The van der Waals surface area contributed by atoms with E-state index in [1.165, 1.54) is 0 Å². The highest BCUT2D eigenvalue weighted by molar-refractivity contribution is 6.31. The molecule has 188 valence electrons. The van der Waals surface area contributed by atoms with Crippen molar-refractivity contribution in [3.05, 3.63) is 113 Å². The number of aromatic amines is 2. The summed E-state index contributed by atoms with van der Waals surface area (Å²) in [6, 6.07) is 30.4. The Morgan fingerprint density at radius 1 is 0.737 bits per heavy atom. The number of carboxylic acids is 1. The number of carboxylic acid groups (broad SMARTS) is 1. The minimum Gasteiger partial charge on any atom is -0.489 e. The van der Waals surface area contributed by atoms with Crippen LogP contribution in [-0.2, 0) is 4.79 Å². The lowest BCUT2D eigenvalue weighted by atomic mass is 9.93. The summed E-state index contributed by atoms with van der Waals surface area (Å²) in [5.74, 6) is -1.36. The number of nitrogens with one attached hydrogen (secondary N) is 2. The predicted molar refractivity (Wildman–Crippen MR) is 153 cm³/mol. The SMILES string of the molecule is O=C(O)C(COc1c(-c2ccccc2)[nH]c2cc(Cl)ccc12)c1c(-c2ccccc2)[nH]c2cc(Cl)ccc12. The molecule has 5 nitrogen and oxygen atoms in total. The van der Waals surface area contributed by atoms with Crippen molar-refractivity contribution < 1.29 is 14.6 Å². The summed E-state index contributed by atoms with van der Waals surface area (Å²) in [5, 5.41) is 13.2. The zero-order valence-corrected chi connectivity index (χ0v) is 21.6. The number of rotatable bonds is 7. The maximum atomic E-state index is 12.8. The number of ether oxygens (including phenoxy) is 1.